The zero-order valence-electron chi connectivity index (χ0n) is 15.0. The number of nitriles is 1. The number of hydrazone groups is 1. The van der Waals surface area contributed by atoms with Crippen LogP contribution in [0.3, 0.4) is 0 Å². The Morgan fingerprint density at radius 1 is 1.29 bits per heavy atom. The first-order chi connectivity index (χ1) is 13.6. The minimum absolute atomic E-state index is 0.224. The molecule has 9 heteroatoms. The van der Waals surface area contributed by atoms with Gasteiger partial charge in [-0.3, -0.25) is 10.3 Å². The average Bonchev–Trinajstić information content (AvgIpc) is 3.25. The number of aliphatic hydroxyl groups is 1. The molecule has 2 N–H and O–H groups in total. The molecule has 1 aromatic carbocycles. The van der Waals surface area contributed by atoms with Crippen molar-refractivity contribution >= 4 is 28.8 Å². The SMILES string of the molecule is N#CC1(c2ccc(I)cc2)CCN(C2(c3nc(CO)no3)C=CC=NN2)CC1. The number of hydrogen-bond donors (Lipinski definition) is 2. The van der Waals surface area contributed by atoms with E-state index in [0.717, 1.165) is 9.13 Å². The van der Waals surface area contributed by atoms with E-state index in [1.54, 1.807) is 6.21 Å². The summed E-state index contributed by atoms with van der Waals surface area (Å²) in [5.74, 6) is 0.546. The van der Waals surface area contributed by atoms with Crippen LogP contribution in [0.5, 0.6) is 0 Å². The molecule has 28 heavy (non-hydrogen) atoms. The van der Waals surface area contributed by atoms with E-state index < -0.39 is 11.1 Å². The summed E-state index contributed by atoms with van der Waals surface area (Å²) >= 11 is 2.27. The second kappa shape index (κ2) is 7.62. The van der Waals surface area contributed by atoms with Crippen LogP contribution in [0, 0.1) is 14.9 Å². The van der Waals surface area contributed by atoms with Gasteiger partial charge in [0.05, 0.1) is 11.5 Å². The monoisotopic (exact) mass is 490 g/mol. The van der Waals surface area contributed by atoms with Crippen LogP contribution in [0.15, 0.2) is 46.0 Å². The number of likely N-dealkylation sites (tertiary alicyclic amines) is 1. The topological polar surface area (TPSA) is 111 Å². The van der Waals surface area contributed by atoms with Gasteiger partial charge in [0.2, 0.25) is 5.66 Å². The van der Waals surface area contributed by atoms with E-state index >= 15 is 0 Å². The van der Waals surface area contributed by atoms with Crippen LogP contribution >= 0.6 is 22.6 Å². The molecule has 1 atom stereocenters. The minimum Gasteiger partial charge on any atom is -0.388 e. The summed E-state index contributed by atoms with van der Waals surface area (Å²) in [6.45, 7) is 0.989. The Hall–Kier alpha value is -2.29. The minimum atomic E-state index is -0.886. The highest BCUT2D eigenvalue weighted by Gasteiger charge is 2.47. The molecule has 1 saturated heterocycles. The van der Waals surface area contributed by atoms with Crippen molar-refractivity contribution in [3.05, 3.63) is 57.3 Å². The number of piperidine rings is 1. The first-order valence-corrected chi connectivity index (χ1v) is 10.0. The molecule has 0 saturated carbocycles. The summed E-state index contributed by atoms with van der Waals surface area (Å²) in [4.78, 5) is 6.45. The highest BCUT2D eigenvalue weighted by molar-refractivity contribution is 14.1. The van der Waals surface area contributed by atoms with Crippen molar-refractivity contribution in [2.75, 3.05) is 13.1 Å². The van der Waals surface area contributed by atoms with Crippen LogP contribution in [0.2, 0.25) is 0 Å². The maximum atomic E-state index is 9.99. The fraction of sp³-hybridized carbons (Fsp3) is 0.368. The van der Waals surface area contributed by atoms with Crippen LogP contribution in [-0.4, -0.2) is 39.5 Å². The third-order valence-electron chi connectivity index (χ3n) is 5.40. The number of benzene rings is 1. The van der Waals surface area contributed by atoms with Gasteiger partial charge in [0.1, 0.15) is 6.61 Å². The quantitative estimate of drug-likeness (QED) is 0.632. The number of allylic oxidation sites excluding steroid dienone is 1. The van der Waals surface area contributed by atoms with Gasteiger partial charge in [-0.15, -0.1) is 0 Å². The van der Waals surface area contributed by atoms with Crippen LogP contribution in [0.25, 0.3) is 0 Å². The maximum absolute atomic E-state index is 9.99. The van der Waals surface area contributed by atoms with Crippen molar-refractivity contribution in [3.8, 4) is 6.07 Å². The number of aromatic nitrogens is 2. The Kier molecular flexibility index (Phi) is 5.18. The van der Waals surface area contributed by atoms with Crippen molar-refractivity contribution in [1.29, 1.82) is 5.26 Å². The molecule has 0 spiro atoms. The molecule has 2 aromatic rings. The van der Waals surface area contributed by atoms with Crippen molar-refractivity contribution in [2.45, 2.75) is 30.5 Å². The lowest BCUT2D eigenvalue weighted by molar-refractivity contribution is 0.0317. The Labute approximate surface area is 176 Å². The molecule has 0 bridgehead atoms. The van der Waals surface area contributed by atoms with Gasteiger partial charge in [-0.05, 0) is 65.3 Å². The van der Waals surface area contributed by atoms with Crippen LogP contribution in [0.1, 0.15) is 30.1 Å². The second-order valence-corrected chi connectivity index (χ2v) is 8.12. The molecule has 0 aliphatic carbocycles. The summed E-state index contributed by atoms with van der Waals surface area (Å²) in [5.41, 5.74) is 2.74. The van der Waals surface area contributed by atoms with Gasteiger partial charge >= 0.3 is 0 Å². The van der Waals surface area contributed by atoms with E-state index in [2.05, 4.69) is 54.2 Å². The number of nitrogens with one attached hydrogen (secondary N) is 1. The van der Waals surface area contributed by atoms with E-state index in [-0.39, 0.29) is 12.4 Å². The standard InChI is InChI=1S/C19H19IN6O2/c20-15-4-2-14(3-5-15)18(13-21)7-10-26(11-8-18)19(6-1-9-22-25-19)17-23-16(12-27)24-28-17/h1-6,9,25,27H,7-8,10-12H2. The molecule has 1 aromatic heterocycles. The summed E-state index contributed by atoms with van der Waals surface area (Å²) < 4.78 is 6.56. The lowest BCUT2D eigenvalue weighted by Crippen LogP contribution is -2.58. The van der Waals surface area contributed by atoms with Gasteiger partial charge in [0.25, 0.3) is 5.89 Å². The van der Waals surface area contributed by atoms with Gasteiger partial charge in [-0.25, -0.2) is 0 Å². The molecule has 1 fully saturated rings. The van der Waals surface area contributed by atoms with Crippen molar-refractivity contribution in [3.63, 3.8) is 0 Å². The normalized spacial score (nSPS) is 23.9. The average molecular weight is 490 g/mol. The predicted octanol–water partition coefficient (Wildman–Crippen LogP) is 2.02. The molecule has 4 rings (SSSR count). The Balaban J connectivity index is 1.61. The molecule has 2 aliphatic heterocycles. The largest absolute Gasteiger partial charge is 0.388 e. The molecule has 0 amide bonds. The van der Waals surface area contributed by atoms with Crippen LogP contribution in [0.4, 0.5) is 0 Å². The predicted molar refractivity (Wildman–Crippen MR) is 110 cm³/mol. The van der Waals surface area contributed by atoms with Crippen molar-refractivity contribution in [1.82, 2.24) is 20.5 Å². The number of halogens is 1. The van der Waals surface area contributed by atoms with Gasteiger partial charge in [-0.1, -0.05) is 17.3 Å². The van der Waals surface area contributed by atoms with Gasteiger partial charge in [-0.2, -0.15) is 15.3 Å². The van der Waals surface area contributed by atoms with E-state index in [9.17, 15) is 10.4 Å². The molecular weight excluding hydrogens is 471 g/mol. The molecule has 1 unspecified atom stereocenters. The van der Waals surface area contributed by atoms with Crippen molar-refractivity contribution < 1.29 is 9.63 Å². The lowest BCUT2D eigenvalue weighted by atomic mass is 9.73. The summed E-state index contributed by atoms with van der Waals surface area (Å²) in [7, 11) is 0. The maximum Gasteiger partial charge on any atom is 0.273 e. The fourth-order valence-electron chi connectivity index (χ4n) is 3.78. The fourth-order valence-corrected chi connectivity index (χ4v) is 4.14. The van der Waals surface area contributed by atoms with Gasteiger partial charge in [0.15, 0.2) is 5.82 Å². The van der Waals surface area contributed by atoms with Crippen LogP contribution < -0.4 is 5.43 Å². The summed E-state index contributed by atoms with van der Waals surface area (Å²) in [6, 6.07) is 10.7. The molecular formula is C19H19IN6O2. The Morgan fingerprint density at radius 3 is 2.61 bits per heavy atom. The van der Waals surface area contributed by atoms with Crippen LogP contribution in [-0.2, 0) is 17.7 Å². The van der Waals surface area contributed by atoms with Gasteiger partial charge < -0.3 is 9.63 Å². The molecule has 144 valence electrons. The summed E-state index contributed by atoms with van der Waals surface area (Å²) in [5, 5.41) is 27.3. The Morgan fingerprint density at radius 2 is 2.04 bits per heavy atom. The number of aliphatic hydroxyl groups excluding tert-OH is 1. The van der Waals surface area contributed by atoms with E-state index in [1.165, 1.54) is 0 Å². The van der Waals surface area contributed by atoms with E-state index in [1.807, 2.05) is 36.4 Å². The number of hydrogen-bond acceptors (Lipinski definition) is 8. The number of rotatable bonds is 4. The highest BCUT2D eigenvalue weighted by atomic mass is 127. The third kappa shape index (κ3) is 3.21. The molecule has 0 radical (unpaired) electrons. The number of nitrogens with zero attached hydrogens (tertiary/aromatic N) is 5. The Bertz CT molecular complexity index is 940. The zero-order chi connectivity index (χ0) is 19.6. The first kappa shape index (κ1) is 19.0. The molecule has 2 aliphatic rings. The highest BCUT2D eigenvalue weighted by Crippen LogP contribution is 2.39. The molecule has 8 nitrogen and oxygen atoms in total. The van der Waals surface area contributed by atoms with Crippen molar-refractivity contribution in [2.24, 2.45) is 5.10 Å². The third-order valence-corrected chi connectivity index (χ3v) is 6.11. The first-order valence-electron chi connectivity index (χ1n) is 8.96. The summed E-state index contributed by atoms with van der Waals surface area (Å²) in [6.07, 6.45) is 6.73. The van der Waals surface area contributed by atoms with E-state index in [0.29, 0.717) is 31.8 Å². The second-order valence-electron chi connectivity index (χ2n) is 6.88. The van der Waals surface area contributed by atoms with Gasteiger partial charge in [0, 0.05) is 22.9 Å². The zero-order valence-corrected chi connectivity index (χ0v) is 17.2. The smallest absolute Gasteiger partial charge is 0.273 e. The molecule has 3 heterocycles. The lowest BCUT2D eigenvalue weighted by Gasteiger charge is -2.45. The van der Waals surface area contributed by atoms with E-state index in [4.69, 9.17) is 4.52 Å².